The number of fused-ring (bicyclic) bond motifs is 2. The molecule has 0 saturated carbocycles. The Labute approximate surface area is 140 Å². The molecule has 2 aliphatic rings. The Morgan fingerprint density at radius 3 is 2.79 bits per heavy atom. The van der Waals surface area contributed by atoms with Crippen molar-refractivity contribution in [3.63, 3.8) is 0 Å². The van der Waals surface area contributed by atoms with Crippen LogP contribution in [0.4, 0.5) is 0 Å². The van der Waals surface area contributed by atoms with E-state index in [1.807, 2.05) is 18.2 Å². The van der Waals surface area contributed by atoms with Crippen LogP contribution in [-0.4, -0.2) is 30.5 Å². The molecule has 5 nitrogen and oxygen atoms in total. The highest BCUT2D eigenvalue weighted by atomic mass is 16.5. The third-order valence-electron chi connectivity index (χ3n) is 4.17. The number of ketones is 1. The lowest BCUT2D eigenvalue weighted by atomic mass is 9.96. The first-order valence-electron chi connectivity index (χ1n) is 8.15. The van der Waals surface area contributed by atoms with E-state index < -0.39 is 0 Å². The highest BCUT2D eigenvalue weighted by molar-refractivity contribution is 6.07. The third kappa shape index (κ3) is 2.85. The maximum absolute atomic E-state index is 12.4. The van der Waals surface area contributed by atoms with Gasteiger partial charge in [-0.2, -0.15) is 0 Å². The lowest BCUT2D eigenvalue weighted by Crippen LogP contribution is -2.23. The number of nitrogens with zero attached hydrogens (tertiary/aromatic N) is 1. The van der Waals surface area contributed by atoms with Gasteiger partial charge in [0.15, 0.2) is 11.5 Å². The summed E-state index contributed by atoms with van der Waals surface area (Å²) in [4.78, 5) is 16.5. The van der Waals surface area contributed by atoms with Crippen LogP contribution >= 0.6 is 0 Å². The normalized spacial score (nSPS) is 17.6. The summed E-state index contributed by atoms with van der Waals surface area (Å²) < 4.78 is 11.5. The summed E-state index contributed by atoms with van der Waals surface area (Å²) in [6.45, 7) is 2.10. The van der Waals surface area contributed by atoms with Crippen LogP contribution in [0.25, 0.3) is 5.70 Å². The molecule has 1 aromatic heterocycles. The van der Waals surface area contributed by atoms with Crippen LogP contribution in [0.5, 0.6) is 11.5 Å². The fourth-order valence-electron chi connectivity index (χ4n) is 2.98. The van der Waals surface area contributed by atoms with Gasteiger partial charge < -0.3 is 14.8 Å². The zero-order valence-electron chi connectivity index (χ0n) is 13.2. The van der Waals surface area contributed by atoms with Crippen LogP contribution < -0.4 is 14.8 Å². The highest BCUT2D eigenvalue weighted by Crippen LogP contribution is 2.36. The van der Waals surface area contributed by atoms with Crippen molar-refractivity contribution >= 4 is 11.5 Å². The van der Waals surface area contributed by atoms with Gasteiger partial charge in [-0.3, -0.25) is 9.78 Å². The number of rotatable bonds is 2. The Balaban J connectivity index is 1.72. The topological polar surface area (TPSA) is 60.5 Å². The van der Waals surface area contributed by atoms with Crippen molar-refractivity contribution in [3.05, 3.63) is 59.4 Å². The molecular formula is C19H18N2O3. The standard InChI is InChI=1S/C19H18N2O3/c22-17(15-4-1-2-6-20-15)12-16-14-11-19-18(23-8-3-9-24-19)10-13(14)5-7-21-16/h1-2,4,6,10-12,21H,3,5,7-9H2/b16-12-. The molecule has 0 atom stereocenters. The minimum atomic E-state index is -0.113. The van der Waals surface area contributed by atoms with E-state index in [2.05, 4.69) is 10.3 Å². The fraction of sp³-hybridized carbons (Fsp3) is 0.263. The maximum Gasteiger partial charge on any atom is 0.206 e. The summed E-state index contributed by atoms with van der Waals surface area (Å²) in [6.07, 6.45) is 5.00. The molecule has 5 heteroatoms. The number of aromatic nitrogens is 1. The second kappa shape index (κ2) is 6.35. The van der Waals surface area contributed by atoms with Gasteiger partial charge in [-0.25, -0.2) is 0 Å². The second-order valence-electron chi connectivity index (χ2n) is 5.82. The Morgan fingerprint density at radius 1 is 1.17 bits per heavy atom. The second-order valence-corrected chi connectivity index (χ2v) is 5.82. The zero-order valence-corrected chi connectivity index (χ0v) is 13.2. The number of allylic oxidation sites excluding steroid dienone is 1. The van der Waals surface area contributed by atoms with E-state index in [0.29, 0.717) is 18.9 Å². The van der Waals surface area contributed by atoms with E-state index in [4.69, 9.17) is 9.47 Å². The first-order chi connectivity index (χ1) is 11.8. The molecule has 0 aliphatic carbocycles. The quantitative estimate of drug-likeness (QED) is 0.680. The summed E-state index contributed by atoms with van der Waals surface area (Å²) in [5.74, 6) is 1.42. The average Bonchev–Trinajstić information content (AvgIpc) is 2.86. The van der Waals surface area contributed by atoms with Gasteiger partial charge in [0.1, 0.15) is 5.69 Å². The smallest absolute Gasteiger partial charge is 0.206 e. The van der Waals surface area contributed by atoms with Crippen molar-refractivity contribution in [2.75, 3.05) is 19.8 Å². The van der Waals surface area contributed by atoms with E-state index in [1.54, 1.807) is 24.4 Å². The summed E-state index contributed by atoms with van der Waals surface area (Å²) in [5.41, 5.74) is 3.41. The van der Waals surface area contributed by atoms with Crippen molar-refractivity contribution in [2.45, 2.75) is 12.8 Å². The predicted molar refractivity (Wildman–Crippen MR) is 90.3 cm³/mol. The molecule has 0 fully saturated rings. The van der Waals surface area contributed by atoms with Crippen LogP contribution in [0.2, 0.25) is 0 Å². The van der Waals surface area contributed by atoms with E-state index in [9.17, 15) is 4.79 Å². The maximum atomic E-state index is 12.4. The monoisotopic (exact) mass is 322 g/mol. The molecule has 0 spiro atoms. The van der Waals surface area contributed by atoms with Gasteiger partial charge in [0.25, 0.3) is 0 Å². The summed E-state index contributed by atoms with van der Waals surface area (Å²) >= 11 is 0. The van der Waals surface area contributed by atoms with Gasteiger partial charge >= 0.3 is 0 Å². The number of nitrogens with one attached hydrogen (secondary N) is 1. The molecule has 0 saturated heterocycles. The number of ether oxygens (including phenoxy) is 2. The molecule has 2 aliphatic heterocycles. The van der Waals surface area contributed by atoms with Gasteiger partial charge in [0.05, 0.1) is 13.2 Å². The molecule has 0 unspecified atom stereocenters. The van der Waals surface area contributed by atoms with E-state index in [0.717, 1.165) is 47.7 Å². The molecule has 2 aromatic rings. The first kappa shape index (κ1) is 14.8. The summed E-state index contributed by atoms with van der Waals surface area (Å²) in [5, 5.41) is 3.31. The largest absolute Gasteiger partial charge is 0.490 e. The van der Waals surface area contributed by atoms with E-state index in [1.165, 1.54) is 0 Å². The third-order valence-corrected chi connectivity index (χ3v) is 4.17. The summed E-state index contributed by atoms with van der Waals surface area (Å²) in [6, 6.07) is 9.34. The minimum Gasteiger partial charge on any atom is -0.490 e. The SMILES string of the molecule is O=C(/C=C1\NCCc2cc3c(cc21)OCCCO3)c1ccccn1. The molecule has 122 valence electrons. The van der Waals surface area contributed by atoms with Gasteiger partial charge in [-0.1, -0.05) is 6.07 Å². The Hall–Kier alpha value is -2.82. The molecule has 0 bridgehead atoms. The lowest BCUT2D eigenvalue weighted by Gasteiger charge is -2.23. The number of carbonyl (C=O) groups is 1. The molecular weight excluding hydrogens is 304 g/mol. The van der Waals surface area contributed by atoms with Crippen LogP contribution in [0, 0.1) is 0 Å². The van der Waals surface area contributed by atoms with Crippen molar-refractivity contribution in [2.24, 2.45) is 0 Å². The number of benzene rings is 1. The number of hydrogen-bond donors (Lipinski definition) is 1. The molecule has 0 amide bonds. The number of pyridine rings is 1. The molecule has 24 heavy (non-hydrogen) atoms. The molecule has 4 rings (SSSR count). The van der Waals surface area contributed by atoms with Gasteiger partial charge in [0, 0.05) is 36.5 Å². The van der Waals surface area contributed by atoms with Crippen LogP contribution in [0.15, 0.2) is 42.6 Å². The Kier molecular flexibility index (Phi) is 3.91. The van der Waals surface area contributed by atoms with Crippen molar-refractivity contribution in [1.82, 2.24) is 10.3 Å². The Morgan fingerprint density at radius 2 is 2.00 bits per heavy atom. The van der Waals surface area contributed by atoms with Crippen molar-refractivity contribution < 1.29 is 14.3 Å². The predicted octanol–water partition coefficient (Wildman–Crippen LogP) is 2.61. The van der Waals surface area contributed by atoms with Crippen LogP contribution in [-0.2, 0) is 6.42 Å². The van der Waals surface area contributed by atoms with Crippen molar-refractivity contribution in [1.29, 1.82) is 0 Å². The minimum absolute atomic E-state index is 0.113. The first-order valence-corrected chi connectivity index (χ1v) is 8.15. The lowest BCUT2D eigenvalue weighted by molar-refractivity contribution is 0.104. The Bertz CT molecular complexity index is 800. The van der Waals surface area contributed by atoms with E-state index in [-0.39, 0.29) is 5.78 Å². The van der Waals surface area contributed by atoms with Gasteiger partial charge in [0.2, 0.25) is 5.78 Å². The van der Waals surface area contributed by atoms with E-state index >= 15 is 0 Å². The van der Waals surface area contributed by atoms with Crippen LogP contribution in [0.1, 0.15) is 28.0 Å². The molecule has 1 N–H and O–H groups in total. The number of hydrogen-bond acceptors (Lipinski definition) is 5. The average molecular weight is 322 g/mol. The fourth-order valence-corrected chi connectivity index (χ4v) is 2.98. The molecule has 3 heterocycles. The van der Waals surface area contributed by atoms with Gasteiger partial charge in [-0.05, 0) is 36.2 Å². The van der Waals surface area contributed by atoms with Gasteiger partial charge in [-0.15, -0.1) is 0 Å². The zero-order chi connectivity index (χ0) is 16.4. The van der Waals surface area contributed by atoms with Crippen LogP contribution in [0.3, 0.4) is 0 Å². The molecule has 0 radical (unpaired) electrons. The molecule has 1 aromatic carbocycles. The van der Waals surface area contributed by atoms with Crippen molar-refractivity contribution in [3.8, 4) is 11.5 Å². The summed E-state index contributed by atoms with van der Waals surface area (Å²) in [7, 11) is 0. The number of carbonyl (C=O) groups excluding carboxylic acids is 1. The highest BCUT2D eigenvalue weighted by Gasteiger charge is 2.20.